The summed E-state index contributed by atoms with van der Waals surface area (Å²) < 4.78 is 23.7. The van der Waals surface area contributed by atoms with E-state index in [1.165, 1.54) is 5.56 Å². The van der Waals surface area contributed by atoms with E-state index in [0.717, 1.165) is 42.4 Å². The molecule has 0 saturated heterocycles. The van der Waals surface area contributed by atoms with Gasteiger partial charge in [-0.05, 0) is 55.0 Å². The molecule has 150 valence electrons. The van der Waals surface area contributed by atoms with Gasteiger partial charge in [0.25, 0.3) is 0 Å². The molecule has 0 aromatic heterocycles. The summed E-state index contributed by atoms with van der Waals surface area (Å²) in [6, 6.07) is 11.9. The van der Waals surface area contributed by atoms with E-state index in [2.05, 4.69) is 19.1 Å². The lowest BCUT2D eigenvalue weighted by atomic mass is 9.64. The first-order valence-electron chi connectivity index (χ1n) is 9.85. The smallest absolute Gasteiger partial charge is 0.316 e. The van der Waals surface area contributed by atoms with Gasteiger partial charge in [-0.15, -0.1) is 0 Å². The molecule has 1 aliphatic carbocycles. The Morgan fingerprint density at radius 1 is 1.18 bits per heavy atom. The topological polar surface area (TPSA) is 35.5 Å². The minimum Gasteiger partial charge on any atom is -0.489 e. The summed E-state index contributed by atoms with van der Waals surface area (Å²) >= 11 is 6.55. The van der Waals surface area contributed by atoms with Crippen LogP contribution in [0.4, 0.5) is 4.39 Å². The fourth-order valence-electron chi connectivity index (χ4n) is 3.70. The highest BCUT2D eigenvalue weighted by atomic mass is 35.5. The molecule has 28 heavy (non-hydrogen) atoms. The highest BCUT2D eigenvalue weighted by Gasteiger charge is 2.47. The number of esters is 1. The molecule has 0 spiro atoms. The van der Waals surface area contributed by atoms with E-state index in [-0.39, 0.29) is 12.6 Å². The van der Waals surface area contributed by atoms with Crippen LogP contribution in [0, 0.1) is 0 Å². The third-order valence-electron chi connectivity index (χ3n) is 5.47. The van der Waals surface area contributed by atoms with Crippen molar-refractivity contribution < 1.29 is 18.7 Å². The molecular weight excluding hydrogens is 379 g/mol. The quantitative estimate of drug-likeness (QED) is 0.513. The minimum absolute atomic E-state index is 0.0673. The molecule has 0 bridgehead atoms. The van der Waals surface area contributed by atoms with Gasteiger partial charge in [-0.25, -0.2) is 4.39 Å². The van der Waals surface area contributed by atoms with Gasteiger partial charge in [0.2, 0.25) is 0 Å². The van der Waals surface area contributed by atoms with Gasteiger partial charge in [0, 0.05) is 5.56 Å². The molecule has 0 amide bonds. The number of carbonyl (C=O) groups excluding carboxylic acids is 1. The van der Waals surface area contributed by atoms with Crippen LogP contribution in [0.25, 0.3) is 11.1 Å². The van der Waals surface area contributed by atoms with E-state index in [9.17, 15) is 9.18 Å². The number of alkyl halides is 1. The Kier molecular flexibility index (Phi) is 6.61. The van der Waals surface area contributed by atoms with Crippen molar-refractivity contribution in [2.45, 2.75) is 44.9 Å². The summed E-state index contributed by atoms with van der Waals surface area (Å²) in [5.41, 5.74) is 3.10. The molecule has 2 aromatic rings. The van der Waals surface area contributed by atoms with E-state index in [1.807, 2.05) is 25.1 Å². The molecule has 0 heterocycles. The van der Waals surface area contributed by atoms with Crippen LogP contribution in [0.3, 0.4) is 0 Å². The molecule has 1 aliphatic rings. The number of benzene rings is 2. The van der Waals surface area contributed by atoms with E-state index in [0.29, 0.717) is 17.4 Å². The average Bonchev–Trinajstić information content (AvgIpc) is 2.66. The van der Waals surface area contributed by atoms with Crippen molar-refractivity contribution in [1.29, 1.82) is 0 Å². The van der Waals surface area contributed by atoms with E-state index < -0.39 is 12.1 Å². The highest BCUT2D eigenvalue weighted by Crippen LogP contribution is 2.49. The lowest BCUT2D eigenvalue weighted by Gasteiger charge is -2.40. The molecule has 1 saturated carbocycles. The van der Waals surface area contributed by atoms with Gasteiger partial charge in [0.15, 0.2) is 0 Å². The third-order valence-corrected chi connectivity index (χ3v) is 5.75. The second kappa shape index (κ2) is 8.95. The van der Waals surface area contributed by atoms with Crippen molar-refractivity contribution in [3.8, 4) is 16.9 Å². The molecular formula is C23H26ClFO3. The Bertz CT molecular complexity index is 828. The van der Waals surface area contributed by atoms with Crippen LogP contribution in [0.15, 0.2) is 36.4 Å². The fraction of sp³-hybridized carbons (Fsp3) is 0.435. The van der Waals surface area contributed by atoms with Crippen molar-refractivity contribution in [2.24, 2.45) is 0 Å². The Morgan fingerprint density at radius 2 is 1.89 bits per heavy atom. The summed E-state index contributed by atoms with van der Waals surface area (Å²) in [5, 5.41) is 0.385. The first kappa shape index (κ1) is 20.7. The van der Waals surface area contributed by atoms with Crippen LogP contribution in [0.5, 0.6) is 5.75 Å². The number of rotatable bonds is 8. The second-order valence-electron chi connectivity index (χ2n) is 7.08. The molecule has 0 atom stereocenters. The largest absolute Gasteiger partial charge is 0.489 e. The molecule has 3 nitrogen and oxygen atoms in total. The zero-order valence-electron chi connectivity index (χ0n) is 16.4. The molecule has 0 aliphatic heterocycles. The number of halogens is 2. The van der Waals surface area contributed by atoms with Gasteiger partial charge >= 0.3 is 5.97 Å². The van der Waals surface area contributed by atoms with Crippen LogP contribution in [-0.4, -0.2) is 25.9 Å². The summed E-state index contributed by atoms with van der Waals surface area (Å²) in [7, 11) is 0. The Morgan fingerprint density at radius 3 is 2.43 bits per heavy atom. The second-order valence-corrected chi connectivity index (χ2v) is 7.49. The number of aryl methyl sites for hydroxylation is 1. The van der Waals surface area contributed by atoms with Crippen molar-refractivity contribution in [3.05, 3.63) is 52.5 Å². The Balaban J connectivity index is 2.10. The van der Waals surface area contributed by atoms with Crippen molar-refractivity contribution in [3.63, 3.8) is 0 Å². The van der Waals surface area contributed by atoms with Gasteiger partial charge in [-0.3, -0.25) is 4.79 Å². The molecule has 3 rings (SSSR count). The number of hydrogen-bond donors (Lipinski definition) is 0. The SMILES string of the molecule is CCOC(=O)C1(c2cc(Cl)c(OCCF)c(-c3ccc(CC)cc3)c2)CCC1. The summed E-state index contributed by atoms with van der Waals surface area (Å²) in [5.74, 6) is 0.243. The zero-order valence-corrected chi connectivity index (χ0v) is 17.2. The lowest BCUT2D eigenvalue weighted by molar-refractivity contribution is -0.153. The van der Waals surface area contributed by atoms with Crippen LogP contribution in [0.1, 0.15) is 44.2 Å². The minimum atomic E-state index is -0.656. The van der Waals surface area contributed by atoms with E-state index in [4.69, 9.17) is 21.1 Å². The summed E-state index contributed by atoms with van der Waals surface area (Å²) in [4.78, 5) is 12.7. The van der Waals surface area contributed by atoms with Gasteiger partial charge in [0.1, 0.15) is 19.0 Å². The fourth-order valence-corrected chi connectivity index (χ4v) is 3.98. The molecule has 0 radical (unpaired) electrons. The normalized spacial score (nSPS) is 15.0. The number of hydrogen-bond acceptors (Lipinski definition) is 3. The Hall–Kier alpha value is -2.07. The van der Waals surface area contributed by atoms with Crippen LogP contribution in [0.2, 0.25) is 5.02 Å². The van der Waals surface area contributed by atoms with Gasteiger partial charge < -0.3 is 9.47 Å². The summed E-state index contributed by atoms with van der Waals surface area (Å²) in [6.07, 6.45) is 3.39. The van der Waals surface area contributed by atoms with Crippen LogP contribution < -0.4 is 4.74 Å². The standard InChI is InChI=1S/C23H26ClFO3/c1-3-16-6-8-17(9-7-16)19-14-18(15-20(24)21(19)28-13-12-25)23(10-5-11-23)22(26)27-4-2/h6-9,14-15H,3-5,10-13H2,1-2H3. The van der Waals surface area contributed by atoms with Crippen LogP contribution in [-0.2, 0) is 21.4 Å². The molecule has 1 fully saturated rings. The first-order chi connectivity index (χ1) is 13.6. The maximum atomic E-state index is 12.7. The van der Waals surface area contributed by atoms with Gasteiger partial charge in [0.05, 0.1) is 17.0 Å². The monoisotopic (exact) mass is 404 g/mol. The molecule has 2 aromatic carbocycles. The van der Waals surface area contributed by atoms with E-state index in [1.54, 1.807) is 6.07 Å². The Labute approximate surface area is 170 Å². The molecule has 5 heteroatoms. The number of carbonyl (C=O) groups is 1. The number of ether oxygens (including phenoxy) is 2. The zero-order chi connectivity index (χ0) is 20.1. The van der Waals surface area contributed by atoms with E-state index >= 15 is 0 Å². The maximum Gasteiger partial charge on any atom is 0.316 e. The summed E-state index contributed by atoms with van der Waals surface area (Å²) in [6.45, 7) is 3.59. The van der Waals surface area contributed by atoms with Crippen molar-refractivity contribution >= 4 is 17.6 Å². The predicted molar refractivity (Wildman–Crippen MR) is 110 cm³/mol. The maximum absolute atomic E-state index is 12.7. The highest BCUT2D eigenvalue weighted by molar-refractivity contribution is 6.32. The average molecular weight is 405 g/mol. The lowest BCUT2D eigenvalue weighted by Crippen LogP contribution is -2.43. The first-order valence-corrected chi connectivity index (χ1v) is 10.2. The van der Waals surface area contributed by atoms with Crippen LogP contribution >= 0.6 is 11.6 Å². The third kappa shape index (κ3) is 3.88. The molecule has 0 N–H and O–H groups in total. The van der Waals surface area contributed by atoms with Crippen molar-refractivity contribution in [1.82, 2.24) is 0 Å². The van der Waals surface area contributed by atoms with Crippen molar-refractivity contribution in [2.75, 3.05) is 19.9 Å². The van der Waals surface area contributed by atoms with Gasteiger partial charge in [-0.2, -0.15) is 0 Å². The predicted octanol–water partition coefficient (Wildman–Crippen LogP) is 5.90. The molecule has 0 unspecified atom stereocenters. The van der Waals surface area contributed by atoms with Gasteiger partial charge in [-0.1, -0.05) is 49.2 Å².